The maximum Gasteiger partial charge on any atom is 0.452 e. The second kappa shape index (κ2) is 12.4. The number of pyridine rings is 1. The van der Waals surface area contributed by atoms with E-state index in [9.17, 15) is 32.3 Å². The van der Waals surface area contributed by atoms with Crippen molar-refractivity contribution in [3.05, 3.63) is 88.3 Å². The Labute approximate surface area is 222 Å². The molecule has 1 heterocycles. The molecule has 2 amide bonds. The Morgan fingerprint density at radius 1 is 0.974 bits per heavy atom. The number of alkyl halides is 3. The van der Waals surface area contributed by atoms with Gasteiger partial charge in [-0.05, 0) is 30.0 Å². The minimum absolute atomic E-state index is 0.0511. The van der Waals surface area contributed by atoms with E-state index in [4.69, 9.17) is 4.74 Å². The zero-order chi connectivity index (χ0) is 28.7. The SMILES string of the molecule is Cc1c(-c2ccccc2)cc(NC(=O)OCc2ccccc2)c(=O)n1CC(=O)NC(C(=O)C(F)(F)F)C(C)C. The number of halogens is 3. The Bertz CT molecular complexity index is 1390. The van der Waals surface area contributed by atoms with Crippen molar-refractivity contribution >= 4 is 23.5 Å². The summed E-state index contributed by atoms with van der Waals surface area (Å²) in [5.74, 6) is -3.91. The molecule has 39 heavy (non-hydrogen) atoms. The number of carbonyl (C=O) groups excluding carboxylic acids is 3. The lowest BCUT2D eigenvalue weighted by molar-refractivity contribution is -0.174. The van der Waals surface area contributed by atoms with Gasteiger partial charge in [-0.15, -0.1) is 0 Å². The second-order valence-electron chi connectivity index (χ2n) is 9.15. The predicted octanol–water partition coefficient (Wildman–Crippen LogP) is 4.84. The minimum atomic E-state index is -5.14. The van der Waals surface area contributed by atoms with E-state index in [1.807, 2.05) is 6.07 Å². The van der Waals surface area contributed by atoms with Gasteiger partial charge in [0.05, 0.1) is 6.04 Å². The van der Waals surface area contributed by atoms with Crippen molar-refractivity contribution < 1.29 is 32.3 Å². The zero-order valence-corrected chi connectivity index (χ0v) is 21.5. The van der Waals surface area contributed by atoms with Crippen LogP contribution in [0.15, 0.2) is 71.5 Å². The van der Waals surface area contributed by atoms with E-state index in [0.717, 1.165) is 10.1 Å². The number of hydrogen-bond donors (Lipinski definition) is 2. The third-order valence-corrected chi connectivity index (χ3v) is 5.94. The number of aromatic nitrogens is 1. The number of Topliss-reactive ketones (excluding diaryl/α,β-unsaturated/α-hetero) is 1. The van der Waals surface area contributed by atoms with Gasteiger partial charge < -0.3 is 14.6 Å². The van der Waals surface area contributed by atoms with Crippen molar-refractivity contribution in [2.24, 2.45) is 5.92 Å². The van der Waals surface area contributed by atoms with Crippen LogP contribution in [-0.4, -0.2) is 34.6 Å². The van der Waals surface area contributed by atoms with Crippen LogP contribution in [0, 0.1) is 12.8 Å². The topological polar surface area (TPSA) is 106 Å². The first-order valence-electron chi connectivity index (χ1n) is 12.1. The Morgan fingerprint density at radius 2 is 1.56 bits per heavy atom. The Kier molecular flexibility index (Phi) is 9.29. The molecule has 0 spiro atoms. The molecule has 206 valence electrons. The number of benzene rings is 2. The molecule has 1 unspecified atom stereocenters. The first-order valence-corrected chi connectivity index (χ1v) is 12.1. The monoisotopic (exact) mass is 543 g/mol. The lowest BCUT2D eigenvalue weighted by Gasteiger charge is -2.23. The van der Waals surface area contributed by atoms with Crippen molar-refractivity contribution in [2.75, 3.05) is 5.32 Å². The molecule has 0 aliphatic heterocycles. The van der Waals surface area contributed by atoms with Crippen molar-refractivity contribution in [1.82, 2.24) is 9.88 Å². The summed E-state index contributed by atoms with van der Waals surface area (Å²) >= 11 is 0. The van der Waals surface area contributed by atoms with Gasteiger partial charge in [0.2, 0.25) is 5.91 Å². The van der Waals surface area contributed by atoms with E-state index < -0.39 is 48.0 Å². The maximum absolute atomic E-state index is 13.3. The molecule has 3 rings (SSSR count). The van der Waals surface area contributed by atoms with Crippen LogP contribution >= 0.6 is 0 Å². The third kappa shape index (κ3) is 7.56. The number of rotatable bonds is 9. The molecule has 8 nitrogen and oxygen atoms in total. The Hall–Kier alpha value is -4.41. The fourth-order valence-electron chi connectivity index (χ4n) is 3.89. The number of carbonyl (C=O) groups is 3. The number of ketones is 1. The second-order valence-corrected chi connectivity index (χ2v) is 9.15. The van der Waals surface area contributed by atoms with E-state index in [2.05, 4.69) is 10.6 Å². The predicted molar refractivity (Wildman–Crippen MR) is 139 cm³/mol. The van der Waals surface area contributed by atoms with E-state index in [1.54, 1.807) is 61.5 Å². The minimum Gasteiger partial charge on any atom is -0.444 e. The van der Waals surface area contributed by atoms with Crippen LogP contribution < -0.4 is 16.2 Å². The number of amides is 2. The molecule has 0 bridgehead atoms. The van der Waals surface area contributed by atoms with Gasteiger partial charge in [0.15, 0.2) is 0 Å². The van der Waals surface area contributed by atoms with Crippen LogP contribution in [0.1, 0.15) is 25.1 Å². The van der Waals surface area contributed by atoms with Gasteiger partial charge in [0, 0.05) is 11.3 Å². The molecule has 2 aromatic carbocycles. The summed E-state index contributed by atoms with van der Waals surface area (Å²) in [7, 11) is 0. The average molecular weight is 544 g/mol. The normalized spacial score (nSPS) is 12.1. The van der Waals surface area contributed by atoms with Gasteiger partial charge in [-0.1, -0.05) is 74.5 Å². The summed E-state index contributed by atoms with van der Waals surface area (Å²) < 4.78 is 45.4. The van der Waals surface area contributed by atoms with Gasteiger partial charge in [-0.3, -0.25) is 19.7 Å². The van der Waals surface area contributed by atoms with E-state index in [-0.39, 0.29) is 12.3 Å². The largest absolute Gasteiger partial charge is 0.452 e. The molecule has 1 atom stereocenters. The zero-order valence-electron chi connectivity index (χ0n) is 21.5. The highest BCUT2D eigenvalue weighted by Gasteiger charge is 2.45. The van der Waals surface area contributed by atoms with Crippen LogP contribution in [0.25, 0.3) is 11.1 Å². The van der Waals surface area contributed by atoms with Gasteiger partial charge >= 0.3 is 12.3 Å². The van der Waals surface area contributed by atoms with Crippen molar-refractivity contribution in [1.29, 1.82) is 0 Å². The summed E-state index contributed by atoms with van der Waals surface area (Å²) in [6.45, 7) is 3.56. The molecule has 0 aliphatic rings. The van der Waals surface area contributed by atoms with Crippen LogP contribution in [0.4, 0.5) is 23.7 Å². The number of anilines is 1. The van der Waals surface area contributed by atoms with Gasteiger partial charge in [-0.2, -0.15) is 13.2 Å². The van der Waals surface area contributed by atoms with Crippen LogP contribution in [0.3, 0.4) is 0 Å². The fourth-order valence-corrected chi connectivity index (χ4v) is 3.89. The number of nitrogens with zero attached hydrogens (tertiary/aromatic N) is 1. The van der Waals surface area contributed by atoms with Gasteiger partial charge in [0.1, 0.15) is 18.8 Å². The van der Waals surface area contributed by atoms with Crippen molar-refractivity contribution in [3.8, 4) is 11.1 Å². The molecular weight excluding hydrogens is 515 g/mol. The highest BCUT2D eigenvalue weighted by Crippen LogP contribution is 2.25. The summed E-state index contributed by atoms with van der Waals surface area (Å²) in [5.41, 5.74) is 1.24. The van der Waals surface area contributed by atoms with Crippen molar-refractivity contribution in [2.45, 2.75) is 46.1 Å². The number of nitrogens with one attached hydrogen (secondary N) is 2. The smallest absolute Gasteiger partial charge is 0.444 e. The average Bonchev–Trinajstić information content (AvgIpc) is 2.90. The molecule has 0 saturated carbocycles. The highest BCUT2D eigenvalue weighted by atomic mass is 19.4. The third-order valence-electron chi connectivity index (χ3n) is 5.94. The van der Waals surface area contributed by atoms with Crippen LogP contribution in [-0.2, 0) is 27.5 Å². The number of ether oxygens (including phenoxy) is 1. The fraction of sp³-hybridized carbons (Fsp3) is 0.286. The molecular formula is C28H28F3N3O5. The Morgan fingerprint density at radius 3 is 2.13 bits per heavy atom. The lowest BCUT2D eigenvalue weighted by atomic mass is 9.99. The first-order chi connectivity index (χ1) is 18.4. The maximum atomic E-state index is 13.3. The van der Waals surface area contributed by atoms with Crippen LogP contribution in [0.2, 0.25) is 0 Å². The molecule has 2 N–H and O–H groups in total. The highest BCUT2D eigenvalue weighted by molar-refractivity contribution is 5.93. The van der Waals surface area contributed by atoms with Gasteiger partial charge in [-0.25, -0.2) is 4.79 Å². The summed E-state index contributed by atoms with van der Waals surface area (Å²) in [5, 5.41) is 4.50. The standard InChI is InChI=1S/C28H28F3N3O5/c1-17(2)24(25(36)28(29,30)31)33-23(35)15-34-18(3)21(20-12-8-5-9-13-20)14-22(26(34)37)32-27(38)39-16-19-10-6-4-7-11-19/h4-14,17,24H,15-16H2,1-3H3,(H,32,38)(H,33,35). The van der Waals surface area contributed by atoms with Crippen molar-refractivity contribution in [3.63, 3.8) is 0 Å². The molecule has 0 fully saturated rings. The summed E-state index contributed by atoms with van der Waals surface area (Å²) in [4.78, 5) is 50.4. The molecule has 0 saturated heterocycles. The molecule has 0 aliphatic carbocycles. The molecule has 3 aromatic rings. The van der Waals surface area contributed by atoms with Gasteiger partial charge in [0.25, 0.3) is 11.3 Å². The molecule has 0 radical (unpaired) electrons. The first kappa shape index (κ1) is 29.2. The van der Waals surface area contributed by atoms with Crippen LogP contribution in [0.5, 0.6) is 0 Å². The quantitative estimate of drug-likeness (QED) is 0.402. The lowest BCUT2D eigenvalue weighted by Crippen LogP contribution is -2.51. The number of hydrogen-bond acceptors (Lipinski definition) is 5. The summed E-state index contributed by atoms with van der Waals surface area (Å²) in [6, 6.07) is 17.3. The van der Waals surface area contributed by atoms with E-state index >= 15 is 0 Å². The summed E-state index contributed by atoms with van der Waals surface area (Å²) in [6.07, 6.45) is -6.05. The Balaban J connectivity index is 1.92. The van der Waals surface area contributed by atoms with E-state index in [0.29, 0.717) is 16.8 Å². The molecule has 1 aromatic heterocycles. The molecule has 11 heteroatoms. The van der Waals surface area contributed by atoms with E-state index in [1.165, 1.54) is 19.9 Å².